The molecule has 0 saturated carbocycles. The van der Waals surface area contributed by atoms with E-state index in [0.29, 0.717) is 41.1 Å². The normalized spacial score (nSPS) is 12.9. The predicted molar refractivity (Wildman–Crippen MR) is 74.3 cm³/mol. The maximum absolute atomic E-state index is 6.07. The van der Waals surface area contributed by atoms with Gasteiger partial charge in [0.2, 0.25) is 0 Å². The zero-order chi connectivity index (χ0) is 12.4. The molecular formula is C11H12Cl3NO3. The molecule has 0 fully saturated rings. The van der Waals surface area contributed by atoms with Gasteiger partial charge in [-0.2, -0.15) is 0 Å². The molecule has 0 aromatic heterocycles. The van der Waals surface area contributed by atoms with Crippen molar-refractivity contribution in [2.75, 3.05) is 18.5 Å². The van der Waals surface area contributed by atoms with E-state index >= 15 is 0 Å². The van der Waals surface area contributed by atoms with Gasteiger partial charge < -0.3 is 20.3 Å². The summed E-state index contributed by atoms with van der Waals surface area (Å²) >= 11 is 17.4. The molecule has 18 heavy (non-hydrogen) atoms. The number of anilines is 1. The number of allylic oxidation sites excluding steroid dienone is 1. The fourth-order valence-corrected chi connectivity index (χ4v) is 1.80. The topological polar surface area (TPSA) is 62.0 Å². The monoisotopic (exact) mass is 311 g/mol. The number of nitrogens with one attached hydrogen (secondary N) is 1. The molecule has 1 heterocycles. The lowest BCUT2D eigenvalue weighted by Gasteiger charge is -2.21. The van der Waals surface area contributed by atoms with Crippen molar-refractivity contribution in [3.8, 4) is 11.5 Å². The lowest BCUT2D eigenvalue weighted by Crippen LogP contribution is -2.16. The highest BCUT2D eigenvalue weighted by Crippen LogP contribution is 2.40. The Labute approximate surface area is 120 Å². The minimum Gasteiger partial charge on any atom is -0.486 e. The third kappa shape index (κ3) is 3.36. The second kappa shape index (κ2) is 6.38. The first-order valence-corrected chi connectivity index (χ1v) is 6.16. The third-order valence-corrected chi connectivity index (χ3v) is 2.97. The first kappa shape index (κ1) is 15.2. The van der Waals surface area contributed by atoms with Crippen LogP contribution in [0.4, 0.5) is 5.69 Å². The molecule has 1 aliphatic heterocycles. The quantitative estimate of drug-likeness (QED) is 0.873. The van der Waals surface area contributed by atoms with Gasteiger partial charge in [-0.3, -0.25) is 0 Å². The molecule has 100 valence electrons. The van der Waals surface area contributed by atoms with Gasteiger partial charge in [0.25, 0.3) is 0 Å². The Kier molecular flexibility index (Phi) is 5.41. The summed E-state index contributed by atoms with van der Waals surface area (Å²) in [5, 5.41) is 3.42. The van der Waals surface area contributed by atoms with E-state index in [1.165, 1.54) is 0 Å². The van der Waals surface area contributed by atoms with Crippen LogP contribution in [0.3, 0.4) is 0 Å². The molecule has 1 aromatic carbocycles. The Hall–Kier alpha value is -0.810. The summed E-state index contributed by atoms with van der Waals surface area (Å²) in [6.45, 7) is 4.70. The van der Waals surface area contributed by atoms with E-state index in [1.54, 1.807) is 12.1 Å². The van der Waals surface area contributed by atoms with Crippen LogP contribution in [0.15, 0.2) is 24.4 Å². The molecule has 0 radical (unpaired) electrons. The van der Waals surface area contributed by atoms with Gasteiger partial charge in [-0.1, -0.05) is 41.4 Å². The van der Waals surface area contributed by atoms with Crippen molar-refractivity contribution in [3.63, 3.8) is 0 Å². The van der Waals surface area contributed by atoms with Crippen LogP contribution in [0.5, 0.6) is 11.5 Å². The largest absolute Gasteiger partial charge is 0.486 e. The van der Waals surface area contributed by atoms with Gasteiger partial charge in [0, 0.05) is 17.5 Å². The van der Waals surface area contributed by atoms with Crippen LogP contribution in [-0.4, -0.2) is 23.5 Å². The summed E-state index contributed by atoms with van der Waals surface area (Å²) in [6, 6.07) is 3.47. The van der Waals surface area contributed by atoms with Crippen LogP contribution in [-0.2, 0) is 0 Å². The van der Waals surface area contributed by atoms with Gasteiger partial charge in [-0.15, -0.1) is 0 Å². The van der Waals surface area contributed by atoms with Gasteiger partial charge in [0.05, 0.1) is 5.02 Å². The first-order valence-electron chi connectivity index (χ1n) is 4.91. The Bertz CT molecular complexity index is 451. The fraction of sp³-hybridized carbons (Fsp3) is 0.273. The number of hydrogen-bond acceptors (Lipinski definition) is 3. The second-order valence-electron chi connectivity index (χ2n) is 3.43. The summed E-state index contributed by atoms with van der Waals surface area (Å²) in [5.74, 6) is 1.15. The second-order valence-corrected chi connectivity index (χ2v) is 4.94. The Morgan fingerprint density at radius 2 is 1.94 bits per heavy atom. The van der Waals surface area contributed by atoms with E-state index in [1.807, 2.05) is 0 Å². The molecule has 4 nitrogen and oxygen atoms in total. The molecule has 3 N–H and O–H groups in total. The number of benzene rings is 1. The highest BCUT2D eigenvalue weighted by Gasteiger charge is 2.17. The van der Waals surface area contributed by atoms with Gasteiger partial charge in [0.1, 0.15) is 18.1 Å². The molecule has 7 heteroatoms. The highest BCUT2D eigenvalue weighted by atomic mass is 35.5. The Balaban J connectivity index is 0.00000162. The zero-order valence-corrected chi connectivity index (χ0v) is 11.6. The Morgan fingerprint density at radius 3 is 2.61 bits per heavy atom. The molecule has 0 aliphatic carbocycles. The molecule has 0 bridgehead atoms. The summed E-state index contributed by atoms with van der Waals surface area (Å²) < 4.78 is 10.8. The Morgan fingerprint density at radius 1 is 1.28 bits per heavy atom. The summed E-state index contributed by atoms with van der Waals surface area (Å²) in [5.41, 5.74) is 1.18. The molecular weight excluding hydrogens is 300 g/mol. The van der Waals surface area contributed by atoms with E-state index in [9.17, 15) is 0 Å². The molecule has 0 atom stereocenters. The number of rotatable bonds is 3. The number of alkyl halides is 2. The minimum atomic E-state index is -0.693. The minimum absolute atomic E-state index is 0. The smallest absolute Gasteiger partial charge is 0.180 e. The van der Waals surface area contributed by atoms with Crippen LogP contribution in [0.1, 0.15) is 0 Å². The standard InChI is InChI=1S/C11H10Cl3NO2.H2O/c1-6(11(13)14)15-7-4-8(12)10-9(5-7)16-2-3-17-10;/h4-5,11,15H,1-3H2;1H2. The predicted octanol–water partition coefficient (Wildman–Crippen LogP) is 3.02. The van der Waals surface area contributed by atoms with Gasteiger partial charge in [-0.25, -0.2) is 0 Å². The molecule has 0 saturated heterocycles. The van der Waals surface area contributed by atoms with Gasteiger partial charge in [0.15, 0.2) is 11.5 Å². The van der Waals surface area contributed by atoms with Crippen molar-refractivity contribution in [3.05, 3.63) is 29.4 Å². The summed E-state index contributed by atoms with van der Waals surface area (Å²) in [6.07, 6.45) is 0. The maximum atomic E-state index is 6.07. The van der Waals surface area contributed by atoms with E-state index in [4.69, 9.17) is 44.3 Å². The van der Waals surface area contributed by atoms with Crippen LogP contribution >= 0.6 is 34.8 Å². The first-order chi connectivity index (χ1) is 8.08. The van der Waals surface area contributed by atoms with Crippen molar-refractivity contribution in [1.82, 2.24) is 0 Å². The summed E-state index contributed by atoms with van der Waals surface area (Å²) in [7, 11) is 0. The van der Waals surface area contributed by atoms with Crippen molar-refractivity contribution < 1.29 is 14.9 Å². The van der Waals surface area contributed by atoms with Crippen molar-refractivity contribution in [1.29, 1.82) is 0 Å². The average molecular weight is 313 g/mol. The highest BCUT2D eigenvalue weighted by molar-refractivity contribution is 6.46. The van der Waals surface area contributed by atoms with E-state index < -0.39 is 4.84 Å². The van der Waals surface area contributed by atoms with E-state index in [-0.39, 0.29) is 5.48 Å². The number of hydrogen-bond donors (Lipinski definition) is 1. The number of ether oxygens (including phenoxy) is 2. The lowest BCUT2D eigenvalue weighted by molar-refractivity contribution is 0.172. The van der Waals surface area contributed by atoms with E-state index in [2.05, 4.69) is 11.9 Å². The van der Waals surface area contributed by atoms with Crippen molar-refractivity contribution in [2.45, 2.75) is 4.84 Å². The van der Waals surface area contributed by atoms with Crippen LogP contribution in [0.25, 0.3) is 0 Å². The van der Waals surface area contributed by atoms with Crippen LogP contribution in [0, 0.1) is 0 Å². The fourth-order valence-electron chi connectivity index (χ4n) is 1.42. The number of fused-ring (bicyclic) bond motifs is 1. The molecule has 1 aliphatic rings. The number of halogens is 3. The van der Waals surface area contributed by atoms with Crippen molar-refractivity contribution in [2.24, 2.45) is 0 Å². The van der Waals surface area contributed by atoms with Gasteiger partial charge in [-0.05, 0) is 6.07 Å². The third-order valence-electron chi connectivity index (χ3n) is 2.17. The van der Waals surface area contributed by atoms with Gasteiger partial charge >= 0.3 is 0 Å². The molecule has 0 amide bonds. The zero-order valence-electron chi connectivity index (χ0n) is 9.30. The lowest BCUT2D eigenvalue weighted by atomic mass is 10.2. The molecule has 1 aromatic rings. The van der Waals surface area contributed by atoms with Crippen molar-refractivity contribution >= 4 is 40.5 Å². The molecule has 2 rings (SSSR count). The SMILES string of the molecule is C=C(Nc1cc(Cl)c2c(c1)OCCO2)C(Cl)Cl.O. The average Bonchev–Trinajstić information content (AvgIpc) is 2.29. The molecule has 0 spiro atoms. The van der Waals surface area contributed by atoms with Crippen LogP contribution in [0.2, 0.25) is 5.02 Å². The van der Waals surface area contributed by atoms with Crippen LogP contribution < -0.4 is 14.8 Å². The molecule has 0 unspecified atom stereocenters. The maximum Gasteiger partial charge on any atom is 0.180 e. The van der Waals surface area contributed by atoms with E-state index in [0.717, 1.165) is 0 Å². The summed E-state index contributed by atoms with van der Waals surface area (Å²) in [4.78, 5) is -0.693.